The number of hydrogen-bond acceptors (Lipinski definition) is 3. The molecule has 1 heterocycles. The number of hydrogen-bond donors (Lipinski definition) is 1. The van der Waals surface area contributed by atoms with Crippen molar-refractivity contribution in [3.63, 3.8) is 0 Å². The summed E-state index contributed by atoms with van der Waals surface area (Å²) >= 11 is 0. The smallest absolute Gasteiger partial charge is 0.255 e. The monoisotopic (exact) mass is 365 g/mol. The molecule has 142 valence electrons. The van der Waals surface area contributed by atoms with Gasteiger partial charge in [-0.15, -0.1) is 0 Å². The number of methoxy groups -OCH3 is 1. The lowest BCUT2D eigenvalue weighted by Gasteiger charge is -2.11. The SMILES string of the molecule is CCCCCCn1c(CNC(=O)c2ccccc2OC)nc2ccccc21. The normalized spacial score (nSPS) is 10.9. The van der Waals surface area contributed by atoms with Gasteiger partial charge in [0.25, 0.3) is 5.91 Å². The summed E-state index contributed by atoms with van der Waals surface area (Å²) in [5, 5.41) is 2.99. The summed E-state index contributed by atoms with van der Waals surface area (Å²) in [6.07, 6.45) is 4.77. The van der Waals surface area contributed by atoms with E-state index in [4.69, 9.17) is 9.72 Å². The summed E-state index contributed by atoms with van der Waals surface area (Å²) in [6.45, 7) is 3.52. The Bertz CT molecular complexity index is 901. The van der Waals surface area contributed by atoms with Crippen molar-refractivity contribution in [1.82, 2.24) is 14.9 Å². The molecule has 0 spiro atoms. The quantitative estimate of drug-likeness (QED) is 0.566. The minimum atomic E-state index is -0.156. The molecule has 27 heavy (non-hydrogen) atoms. The molecule has 1 N–H and O–H groups in total. The van der Waals surface area contributed by atoms with Crippen LogP contribution in [0.2, 0.25) is 0 Å². The summed E-state index contributed by atoms with van der Waals surface area (Å²) < 4.78 is 7.51. The number of carbonyl (C=O) groups excluding carboxylic acids is 1. The van der Waals surface area contributed by atoms with E-state index in [0.29, 0.717) is 17.9 Å². The Morgan fingerprint density at radius 3 is 2.67 bits per heavy atom. The number of ether oxygens (including phenoxy) is 1. The third kappa shape index (κ3) is 4.48. The van der Waals surface area contributed by atoms with Gasteiger partial charge in [-0.3, -0.25) is 4.79 Å². The fourth-order valence-corrected chi connectivity index (χ4v) is 3.29. The zero-order valence-corrected chi connectivity index (χ0v) is 16.1. The molecule has 5 nitrogen and oxygen atoms in total. The highest BCUT2D eigenvalue weighted by molar-refractivity contribution is 5.96. The fourth-order valence-electron chi connectivity index (χ4n) is 3.29. The van der Waals surface area contributed by atoms with Crippen LogP contribution in [-0.4, -0.2) is 22.6 Å². The molecule has 0 fully saturated rings. The van der Waals surface area contributed by atoms with Gasteiger partial charge in [0.2, 0.25) is 0 Å². The first-order valence-corrected chi connectivity index (χ1v) is 9.60. The molecule has 0 atom stereocenters. The number of rotatable bonds is 9. The standard InChI is InChI=1S/C22H27N3O2/c1-3-4-5-10-15-25-19-13-8-7-12-18(19)24-21(25)16-23-22(26)17-11-6-9-14-20(17)27-2/h6-9,11-14H,3-5,10,15-16H2,1-2H3,(H,23,26). The first kappa shape index (κ1) is 19.0. The number of amides is 1. The van der Waals surface area contributed by atoms with Gasteiger partial charge in [-0.1, -0.05) is 50.5 Å². The van der Waals surface area contributed by atoms with Gasteiger partial charge in [0.15, 0.2) is 0 Å². The van der Waals surface area contributed by atoms with E-state index >= 15 is 0 Å². The second-order valence-corrected chi connectivity index (χ2v) is 6.61. The van der Waals surface area contributed by atoms with Crippen LogP contribution in [-0.2, 0) is 13.1 Å². The van der Waals surface area contributed by atoms with E-state index in [0.717, 1.165) is 29.8 Å². The zero-order valence-electron chi connectivity index (χ0n) is 16.1. The van der Waals surface area contributed by atoms with Gasteiger partial charge in [-0.2, -0.15) is 0 Å². The maximum absolute atomic E-state index is 12.6. The minimum Gasteiger partial charge on any atom is -0.496 e. The first-order valence-electron chi connectivity index (χ1n) is 9.60. The van der Waals surface area contributed by atoms with Crippen molar-refractivity contribution in [1.29, 1.82) is 0 Å². The van der Waals surface area contributed by atoms with Gasteiger partial charge in [-0.25, -0.2) is 4.98 Å². The van der Waals surface area contributed by atoms with Gasteiger partial charge >= 0.3 is 0 Å². The highest BCUT2D eigenvalue weighted by Gasteiger charge is 2.14. The lowest BCUT2D eigenvalue weighted by Crippen LogP contribution is -2.25. The van der Waals surface area contributed by atoms with Crippen molar-refractivity contribution in [2.45, 2.75) is 45.7 Å². The van der Waals surface area contributed by atoms with Gasteiger partial charge in [0, 0.05) is 6.54 Å². The van der Waals surface area contributed by atoms with Crippen molar-refractivity contribution in [3.05, 3.63) is 59.9 Å². The van der Waals surface area contributed by atoms with Crippen LogP contribution in [0.1, 0.15) is 48.8 Å². The van der Waals surface area contributed by atoms with Gasteiger partial charge < -0.3 is 14.6 Å². The average molecular weight is 365 g/mol. The van der Waals surface area contributed by atoms with Crippen LogP contribution < -0.4 is 10.1 Å². The van der Waals surface area contributed by atoms with E-state index in [1.54, 1.807) is 19.2 Å². The third-order valence-corrected chi connectivity index (χ3v) is 4.73. The molecule has 0 saturated carbocycles. The summed E-state index contributed by atoms with van der Waals surface area (Å²) in [5.41, 5.74) is 2.62. The predicted octanol–water partition coefficient (Wildman–Crippen LogP) is 4.56. The third-order valence-electron chi connectivity index (χ3n) is 4.73. The summed E-state index contributed by atoms with van der Waals surface area (Å²) in [4.78, 5) is 17.3. The average Bonchev–Trinajstić information content (AvgIpc) is 3.07. The number of para-hydroxylation sites is 3. The number of aryl methyl sites for hydroxylation is 1. The van der Waals surface area contributed by atoms with E-state index in [1.807, 2.05) is 30.3 Å². The molecular formula is C22H27N3O2. The van der Waals surface area contributed by atoms with Crippen LogP contribution in [0.15, 0.2) is 48.5 Å². The Hall–Kier alpha value is -2.82. The molecule has 1 aromatic heterocycles. The number of nitrogens with zero attached hydrogens (tertiary/aromatic N) is 2. The molecule has 3 aromatic rings. The molecule has 0 saturated heterocycles. The van der Waals surface area contributed by atoms with Crippen LogP contribution in [0.3, 0.4) is 0 Å². The van der Waals surface area contributed by atoms with Gasteiger partial charge in [0.05, 0.1) is 30.3 Å². The Morgan fingerprint density at radius 1 is 1.07 bits per heavy atom. The number of benzene rings is 2. The maximum Gasteiger partial charge on any atom is 0.255 e. The molecule has 0 bridgehead atoms. The summed E-state index contributed by atoms with van der Waals surface area (Å²) in [7, 11) is 1.57. The van der Waals surface area contributed by atoms with Crippen LogP contribution in [0.25, 0.3) is 11.0 Å². The van der Waals surface area contributed by atoms with Crippen LogP contribution in [0.5, 0.6) is 5.75 Å². The van der Waals surface area contributed by atoms with E-state index in [-0.39, 0.29) is 5.91 Å². The number of carbonyl (C=O) groups is 1. The van der Waals surface area contributed by atoms with Crippen molar-refractivity contribution >= 4 is 16.9 Å². The summed E-state index contributed by atoms with van der Waals surface area (Å²) in [5.74, 6) is 1.30. The van der Waals surface area contributed by atoms with Crippen molar-refractivity contribution in [3.8, 4) is 5.75 Å². The lowest BCUT2D eigenvalue weighted by atomic mass is 10.2. The fraction of sp³-hybridized carbons (Fsp3) is 0.364. The molecule has 0 aliphatic carbocycles. The molecule has 0 aliphatic heterocycles. The van der Waals surface area contributed by atoms with E-state index < -0.39 is 0 Å². The van der Waals surface area contributed by atoms with Gasteiger partial charge in [0.1, 0.15) is 11.6 Å². The second-order valence-electron chi connectivity index (χ2n) is 6.61. The Labute approximate surface area is 160 Å². The lowest BCUT2D eigenvalue weighted by molar-refractivity contribution is 0.0946. The largest absolute Gasteiger partial charge is 0.496 e. The van der Waals surface area contributed by atoms with Crippen LogP contribution >= 0.6 is 0 Å². The second kappa shape index (κ2) is 9.21. The maximum atomic E-state index is 12.6. The topological polar surface area (TPSA) is 56.2 Å². The molecule has 5 heteroatoms. The van der Waals surface area contributed by atoms with E-state index in [9.17, 15) is 4.79 Å². The van der Waals surface area contributed by atoms with E-state index in [1.165, 1.54) is 19.3 Å². The Balaban J connectivity index is 1.76. The zero-order chi connectivity index (χ0) is 19.1. The highest BCUT2D eigenvalue weighted by atomic mass is 16.5. The summed E-state index contributed by atoms with van der Waals surface area (Å²) in [6, 6.07) is 15.4. The number of fused-ring (bicyclic) bond motifs is 1. The van der Waals surface area contributed by atoms with Crippen LogP contribution in [0, 0.1) is 0 Å². The Morgan fingerprint density at radius 2 is 1.85 bits per heavy atom. The van der Waals surface area contributed by atoms with Crippen LogP contribution in [0.4, 0.5) is 0 Å². The minimum absolute atomic E-state index is 0.156. The van der Waals surface area contributed by atoms with E-state index in [2.05, 4.69) is 22.9 Å². The Kier molecular flexibility index (Phi) is 6.47. The predicted molar refractivity (Wildman–Crippen MR) is 108 cm³/mol. The highest BCUT2D eigenvalue weighted by Crippen LogP contribution is 2.19. The molecule has 0 radical (unpaired) electrons. The van der Waals surface area contributed by atoms with Crippen molar-refractivity contribution in [2.75, 3.05) is 7.11 Å². The molecule has 2 aromatic carbocycles. The van der Waals surface area contributed by atoms with Crippen molar-refractivity contribution < 1.29 is 9.53 Å². The first-order chi connectivity index (χ1) is 13.2. The number of unbranched alkanes of at least 4 members (excludes halogenated alkanes) is 3. The molecule has 0 aliphatic rings. The molecule has 3 rings (SSSR count). The number of aromatic nitrogens is 2. The van der Waals surface area contributed by atoms with Crippen molar-refractivity contribution in [2.24, 2.45) is 0 Å². The molecule has 0 unspecified atom stereocenters. The molecular weight excluding hydrogens is 338 g/mol. The number of imidazole rings is 1. The molecule has 1 amide bonds. The van der Waals surface area contributed by atoms with Gasteiger partial charge in [-0.05, 0) is 30.7 Å². The number of nitrogens with one attached hydrogen (secondary N) is 1.